The van der Waals surface area contributed by atoms with Gasteiger partial charge in [0.2, 0.25) is 0 Å². The highest BCUT2D eigenvalue weighted by molar-refractivity contribution is 5.89. The molecule has 0 saturated heterocycles. The van der Waals surface area contributed by atoms with E-state index in [1.165, 1.54) is 5.56 Å². The van der Waals surface area contributed by atoms with Crippen molar-refractivity contribution >= 4 is 5.97 Å². The molecule has 0 bridgehead atoms. The van der Waals surface area contributed by atoms with Crippen LogP contribution in [0, 0.1) is 0 Å². The molecule has 0 atom stereocenters. The summed E-state index contributed by atoms with van der Waals surface area (Å²) in [4.78, 5) is 11.6. The van der Waals surface area contributed by atoms with E-state index in [4.69, 9.17) is 4.74 Å². The van der Waals surface area contributed by atoms with Crippen molar-refractivity contribution in [3.63, 3.8) is 0 Å². The van der Waals surface area contributed by atoms with Crippen LogP contribution in [0.15, 0.2) is 30.5 Å². The summed E-state index contributed by atoms with van der Waals surface area (Å²) >= 11 is 0. The van der Waals surface area contributed by atoms with Crippen LogP contribution >= 0.6 is 0 Å². The third kappa shape index (κ3) is 2.24. The lowest BCUT2D eigenvalue weighted by Crippen LogP contribution is -2.06. The zero-order valence-electron chi connectivity index (χ0n) is 10.7. The minimum absolute atomic E-state index is 0.291. The predicted octanol–water partition coefficient (Wildman–Crippen LogP) is 1.65. The molecule has 98 valence electrons. The van der Waals surface area contributed by atoms with Gasteiger partial charge in [0.15, 0.2) is 0 Å². The average Bonchev–Trinajstić information content (AvgIpc) is 3.00. The van der Waals surface area contributed by atoms with E-state index in [0.717, 1.165) is 24.5 Å². The second-order valence-corrected chi connectivity index (χ2v) is 4.42. The molecule has 1 N–H and O–H groups in total. The van der Waals surface area contributed by atoms with Crippen molar-refractivity contribution in [1.82, 2.24) is 15.1 Å². The molecule has 0 spiro atoms. The van der Waals surface area contributed by atoms with E-state index < -0.39 is 0 Å². The lowest BCUT2D eigenvalue weighted by molar-refractivity contribution is 0.0526. The number of benzene rings is 1. The summed E-state index contributed by atoms with van der Waals surface area (Å²) in [7, 11) is 0. The Morgan fingerprint density at radius 1 is 1.37 bits per heavy atom. The van der Waals surface area contributed by atoms with Crippen molar-refractivity contribution in [3.8, 4) is 5.69 Å². The number of ether oxygens (including phenoxy) is 1. The van der Waals surface area contributed by atoms with Crippen molar-refractivity contribution in [2.45, 2.75) is 20.0 Å². The molecule has 0 fully saturated rings. The fourth-order valence-corrected chi connectivity index (χ4v) is 2.15. The number of rotatable bonds is 3. The van der Waals surface area contributed by atoms with E-state index in [9.17, 15) is 4.79 Å². The van der Waals surface area contributed by atoms with Crippen LogP contribution in [0.3, 0.4) is 0 Å². The zero-order valence-corrected chi connectivity index (χ0v) is 10.7. The average molecular weight is 257 g/mol. The molecule has 1 aliphatic heterocycles. The third-order valence-electron chi connectivity index (χ3n) is 3.13. The Labute approximate surface area is 111 Å². The van der Waals surface area contributed by atoms with E-state index in [1.807, 2.05) is 23.0 Å². The van der Waals surface area contributed by atoms with Gasteiger partial charge < -0.3 is 10.1 Å². The topological polar surface area (TPSA) is 56.2 Å². The number of aromatic nitrogens is 2. The molecule has 0 saturated carbocycles. The minimum atomic E-state index is -0.291. The van der Waals surface area contributed by atoms with E-state index in [-0.39, 0.29) is 5.97 Å². The van der Waals surface area contributed by atoms with E-state index >= 15 is 0 Å². The molecule has 5 nitrogen and oxygen atoms in total. The standard InChI is InChI=1S/C14H15N3O2/c1-2-19-14(18)10-3-5-12(6-4-10)17-9-11-7-15-8-13(11)16-17/h3-6,9,15H,2,7-8H2,1H3. The van der Waals surface area contributed by atoms with E-state index in [0.29, 0.717) is 12.2 Å². The molecular weight excluding hydrogens is 242 g/mol. The molecule has 1 aromatic heterocycles. The summed E-state index contributed by atoms with van der Waals surface area (Å²) in [6.45, 7) is 3.88. The number of carbonyl (C=O) groups excluding carboxylic acids is 1. The van der Waals surface area contributed by atoms with Crippen LogP contribution < -0.4 is 5.32 Å². The fraction of sp³-hybridized carbons (Fsp3) is 0.286. The van der Waals surface area contributed by atoms with Crippen molar-refractivity contribution in [3.05, 3.63) is 47.3 Å². The summed E-state index contributed by atoms with van der Waals surface area (Å²) in [5.74, 6) is -0.291. The maximum absolute atomic E-state index is 11.6. The molecule has 1 aromatic carbocycles. The molecule has 0 aliphatic carbocycles. The highest BCUT2D eigenvalue weighted by Crippen LogP contribution is 2.17. The van der Waals surface area contributed by atoms with Crippen LogP contribution in [0.25, 0.3) is 5.69 Å². The number of hydrogen-bond donors (Lipinski definition) is 1. The number of nitrogens with one attached hydrogen (secondary N) is 1. The molecule has 2 heterocycles. The second kappa shape index (κ2) is 4.85. The number of nitrogens with zero attached hydrogens (tertiary/aromatic N) is 2. The van der Waals surface area contributed by atoms with Gasteiger partial charge in [0.05, 0.1) is 23.6 Å². The molecule has 0 radical (unpaired) electrons. The van der Waals surface area contributed by atoms with E-state index in [2.05, 4.69) is 10.4 Å². The van der Waals surface area contributed by atoms with Crippen LogP contribution in [0.5, 0.6) is 0 Å². The van der Waals surface area contributed by atoms with Crippen LogP contribution in [0.1, 0.15) is 28.5 Å². The van der Waals surface area contributed by atoms with Gasteiger partial charge in [-0.2, -0.15) is 5.10 Å². The van der Waals surface area contributed by atoms with Gasteiger partial charge in [-0.15, -0.1) is 0 Å². The summed E-state index contributed by atoms with van der Waals surface area (Å²) in [5, 5.41) is 7.76. The van der Waals surface area contributed by atoms with Crippen LogP contribution in [0.4, 0.5) is 0 Å². The quantitative estimate of drug-likeness (QED) is 0.849. The molecule has 0 unspecified atom stereocenters. The molecule has 0 amide bonds. The predicted molar refractivity (Wildman–Crippen MR) is 70.1 cm³/mol. The van der Waals surface area contributed by atoms with Crippen molar-refractivity contribution in [2.75, 3.05) is 6.61 Å². The lowest BCUT2D eigenvalue weighted by atomic mass is 10.2. The van der Waals surface area contributed by atoms with Crippen LogP contribution in [-0.4, -0.2) is 22.4 Å². The number of fused-ring (bicyclic) bond motifs is 1. The zero-order chi connectivity index (χ0) is 13.2. The Hall–Kier alpha value is -2.14. The first kappa shape index (κ1) is 11.9. The fourth-order valence-electron chi connectivity index (χ4n) is 2.15. The largest absolute Gasteiger partial charge is 0.462 e. The van der Waals surface area contributed by atoms with Gasteiger partial charge in [0, 0.05) is 24.8 Å². The molecule has 19 heavy (non-hydrogen) atoms. The molecule has 1 aliphatic rings. The van der Waals surface area contributed by atoms with E-state index in [1.54, 1.807) is 19.1 Å². The molecular formula is C14H15N3O2. The summed E-state index contributed by atoms with van der Waals surface area (Å²) in [5.41, 5.74) is 3.83. The second-order valence-electron chi connectivity index (χ2n) is 4.42. The first-order valence-corrected chi connectivity index (χ1v) is 6.33. The Morgan fingerprint density at radius 2 is 2.16 bits per heavy atom. The minimum Gasteiger partial charge on any atom is -0.462 e. The van der Waals surface area contributed by atoms with Gasteiger partial charge >= 0.3 is 5.97 Å². The van der Waals surface area contributed by atoms with Crippen LogP contribution in [0.2, 0.25) is 0 Å². The number of carbonyl (C=O) groups is 1. The number of esters is 1. The maximum Gasteiger partial charge on any atom is 0.338 e. The van der Waals surface area contributed by atoms with Crippen LogP contribution in [-0.2, 0) is 17.8 Å². The number of hydrogen-bond acceptors (Lipinski definition) is 4. The monoisotopic (exact) mass is 257 g/mol. The molecule has 2 aromatic rings. The molecule has 3 rings (SSSR count). The first-order valence-electron chi connectivity index (χ1n) is 6.33. The highest BCUT2D eigenvalue weighted by Gasteiger charge is 2.15. The summed E-state index contributed by atoms with van der Waals surface area (Å²) in [6.07, 6.45) is 2.02. The SMILES string of the molecule is CCOC(=O)c1ccc(-n2cc3c(n2)CNC3)cc1. The van der Waals surface area contributed by atoms with Gasteiger partial charge in [-0.05, 0) is 31.2 Å². The highest BCUT2D eigenvalue weighted by atomic mass is 16.5. The Balaban J connectivity index is 1.83. The third-order valence-corrected chi connectivity index (χ3v) is 3.13. The smallest absolute Gasteiger partial charge is 0.338 e. The normalized spacial score (nSPS) is 13.3. The summed E-state index contributed by atoms with van der Waals surface area (Å²) < 4.78 is 6.80. The van der Waals surface area contributed by atoms with Gasteiger partial charge in [-0.3, -0.25) is 0 Å². The van der Waals surface area contributed by atoms with Crippen molar-refractivity contribution in [1.29, 1.82) is 0 Å². The Morgan fingerprint density at radius 3 is 2.84 bits per heavy atom. The van der Waals surface area contributed by atoms with Crippen molar-refractivity contribution < 1.29 is 9.53 Å². The molecule has 5 heteroatoms. The summed E-state index contributed by atoms with van der Waals surface area (Å²) in [6, 6.07) is 7.28. The van der Waals surface area contributed by atoms with Gasteiger partial charge in [-0.1, -0.05) is 0 Å². The Kier molecular flexibility index (Phi) is 3.05. The van der Waals surface area contributed by atoms with Gasteiger partial charge in [0.1, 0.15) is 0 Å². The lowest BCUT2D eigenvalue weighted by Gasteiger charge is -2.04. The maximum atomic E-state index is 11.6. The first-order chi connectivity index (χ1) is 9.28. The van der Waals surface area contributed by atoms with Gasteiger partial charge in [-0.25, -0.2) is 9.48 Å². The van der Waals surface area contributed by atoms with Crippen molar-refractivity contribution in [2.24, 2.45) is 0 Å². The Bertz CT molecular complexity index is 580. The van der Waals surface area contributed by atoms with Gasteiger partial charge in [0.25, 0.3) is 0 Å².